The Morgan fingerprint density at radius 3 is 1.00 bits per heavy atom. The maximum absolute atomic E-state index is 15.7. The van der Waals surface area contributed by atoms with Crippen molar-refractivity contribution < 1.29 is 38.1 Å². The van der Waals surface area contributed by atoms with Crippen molar-refractivity contribution in [2.24, 2.45) is 0 Å². The SMILES string of the molecule is CCn1c(=C(C#N)C#N)s/c(=C/C2=Cc3sc4c5c(sc4c3C2(C(=O)OCc2ccccc2)C(=O)OCc2ccccc2)C=C(/C=c2/sc(=C(C#N)C#N)n(CC)c2=O)C5(C(=O)OCc2ccccc2)C(=O)OCc2ccccc2)c1=O. The quantitative estimate of drug-likeness (QED) is 0.0535. The minimum Gasteiger partial charge on any atom is -0.459 e. The standard InChI is InChI=1S/C62H42N6O10S4/c1-3-67-53(69)47(81-55(67)41(29-63)30-64)27-43-25-45-49(61(43,57(71)75-33-37-17-9-5-10-18-37)58(72)76-34-38-19-11-6-12-20-38)51-52(79-45)50-46(80-51)26-44(28-48-54(70)68(4-2)56(82-48)42(31-65)32-66)62(50,59(73)77-35-39-21-13-7-14-22-39)60(74)78-36-40-23-15-8-16-24-40/h5-28H,3-4,33-36H2,1-2H3/b47-27+,48-28+. The first kappa shape index (κ1) is 55.5. The maximum atomic E-state index is 15.7. The summed E-state index contributed by atoms with van der Waals surface area (Å²) in [5.41, 5.74) is -4.58. The average Bonchev–Trinajstić information content (AvgIpc) is 3.78. The van der Waals surface area contributed by atoms with Crippen molar-refractivity contribution in [1.29, 1.82) is 21.0 Å². The van der Waals surface area contributed by atoms with Gasteiger partial charge in [-0.2, -0.15) is 21.0 Å². The van der Waals surface area contributed by atoms with Gasteiger partial charge in [0.15, 0.2) is 11.1 Å². The molecule has 0 atom stereocenters. The van der Waals surface area contributed by atoms with Gasteiger partial charge in [-0.25, -0.2) is 0 Å². The third-order valence-corrected chi connectivity index (χ3v) is 18.4. The number of aromatic nitrogens is 2. The minimum atomic E-state index is -2.53. The number of esters is 4. The van der Waals surface area contributed by atoms with Crippen molar-refractivity contribution in [3.8, 4) is 24.3 Å². The van der Waals surface area contributed by atoms with E-state index in [0.29, 0.717) is 22.3 Å². The lowest BCUT2D eigenvalue weighted by atomic mass is 9.76. The van der Waals surface area contributed by atoms with E-state index in [1.54, 1.807) is 147 Å². The van der Waals surface area contributed by atoms with E-state index in [1.807, 2.05) is 24.3 Å². The van der Waals surface area contributed by atoms with Crippen LogP contribution >= 0.6 is 45.3 Å². The lowest BCUT2D eigenvalue weighted by Crippen LogP contribution is -2.47. The van der Waals surface area contributed by atoms with Crippen LogP contribution in [0.1, 0.15) is 57.0 Å². The van der Waals surface area contributed by atoms with Crippen LogP contribution in [0.5, 0.6) is 0 Å². The summed E-state index contributed by atoms with van der Waals surface area (Å²) in [5, 5.41) is 39.7. The fraction of sp³-hybridized carbons (Fsp3) is 0.161. The van der Waals surface area contributed by atoms with E-state index in [9.17, 15) is 30.6 Å². The maximum Gasteiger partial charge on any atom is 0.333 e. The van der Waals surface area contributed by atoms with Gasteiger partial charge in [0.1, 0.15) is 60.0 Å². The van der Waals surface area contributed by atoms with Gasteiger partial charge in [0, 0.05) is 34.0 Å². The zero-order valence-electron chi connectivity index (χ0n) is 43.5. The normalized spacial score (nSPS) is 13.8. The highest BCUT2D eigenvalue weighted by molar-refractivity contribution is 7.29. The van der Waals surface area contributed by atoms with Gasteiger partial charge in [-0.3, -0.25) is 37.9 Å². The van der Waals surface area contributed by atoms with Gasteiger partial charge in [-0.15, -0.1) is 45.3 Å². The van der Waals surface area contributed by atoms with Gasteiger partial charge in [0.05, 0.1) is 18.5 Å². The molecule has 0 saturated carbocycles. The Morgan fingerprint density at radius 1 is 0.463 bits per heavy atom. The summed E-state index contributed by atoms with van der Waals surface area (Å²) in [4.78, 5) is 92.1. The summed E-state index contributed by atoms with van der Waals surface area (Å²) in [5.74, 6) is -4.37. The molecule has 404 valence electrons. The van der Waals surface area contributed by atoms with Crippen LogP contribution in [-0.2, 0) is 88.5 Å². The Morgan fingerprint density at radius 2 is 0.744 bits per heavy atom. The predicted molar refractivity (Wildman–Crippen MR) is 309 cm³/mol. The van der Waals surface area contributed by atoms with Crippen molar-refractivity contribution in [1.82, 2.24) is 9.13 Å². The van der Waals surface area contributed by atoms with Crippen LogP contribution in [0.15, 0.2) is 142 Å². The Balaban J connectivity index is 1.28. The van der Waals surface area contributed by atoms with E-state index in [2.05, 4.69) is 0 Å². The molecule has 82 heavy (non-hydrogen) atoms. The third kappa shape index (κ3) is 9.70. The number of nitriles is 4. The molecule has 0 spiro atoms. The molecular weight excluding hydrogens is 1120 g/mol. The number of thiophene rings is 2. The van der Waals surface area contributed by atoms with Crippen LogP contribution in [-0.4, -0.2) is 33.0 Å². The number of hydrogen-bond donors (Lipinski definition) is 0. The number of nitrogens with zero attached hydrogens (tertiary/aromatic N) is 6. The molecule has 0 amide bonds. The molecule has 2 aliphatic rings. The zero-order valence-corrected chi connectivity index (χ0v) is 46.8. The van der Waals surface area contributed by atoms with Crippen molar-refractivity contribution in [3.05, 3.63) is 215 Å². The number of fused-ring (bicyclic) bond motifs is 5. The molecule has 10 rings (SSSR count). The van der Waals surface area contributed by atoms with Gasteiger partial charge >= 0.3 is 23.9 Å². The average molecular weight is 1160 g/mol. The molecule has 4 aromatic carbocycles. The summed E-state index contributed by atoms with van der Waals surface area (Å²) in [6.07, 6.45) is 5.81. The van der Waals surface area contributed by atoms with Crippen LogP contribution in [0.2, 0.25) is 0 Å². The van der Waals surface area contributed by atoms with Gasteiger partial charge < -0.3 is 18.9 Å². The summed E-state index contributed by atoms with van der Waals surface area (Å²) < 4.78 is 27.8. The number of benzene rings is 4. The summed E-state index contributed by atoms with van der Waals surface area (Å²) >= 11 is 3.72. The van der Waals surface area contributed by atoms with E-state index in [-0.39, 0.29) is 110 Å². The Bertz CT molecular complexity index is 4120. The summed E-state index contributed by atoms with van der Waals surface area (Å²) in [6.45, 7) is 2.24. The highest BCUT2D eigenvalue weighted by Crippen LogP contribution is 2.60. The first-order valence-corrected chi connectivity index (χ1v) is 28.5. The highest BCUT2D eigenvalue weighted by Gasteiger charge is 2.62. The lowest BCUT2D eigenvalue weighted by molar-refractivity contribution is -0.166. The van der Waals surface area contributed by atoms with Crippen molar-refractivity contribution in [2.75, 3.05) is 0 Å². The largest absolute Gasteiger partial charge is 0.459 e. The number of carbonyl (C=O) groups is 4. The van der Waals surface area contributed by atoms with E-state index >= 15 is 19.2 Å². The topological polar surface area (TPSA) is 244 Å². The Kier molecular flexibility index (Phi) is 15.9. The van der Waals surface area contributed by atoms with Crippen molar-refractivity contribution in [2.45, 2.75) is 64.2 Å². The molecule has 0 radical (unpaired) electrons. The second kappa shape index (κ2) is 23.5. The van der Waals surface area contributed by atoms with E-state index in [0.717, 1.165) is 45.3 Å². The molecule has 4 heterocycles. The second-order valence-electron chi connectivity index (χ2n) is 18.4. The first-order chi connectivity index (χ1) is 39.9. The minimum absolute atomic E-state index is 0.0279. The molecule has 0 unspecified atom stereocenters. The van der Waals surface area contributed by atoms with Crippen LogP contribution in [0.4, 0.5) is 0 Å². The van der Waals surface area contributed by atoms with Gasteiger partial charge in [-0.1, -0.05) is 121 Å². The van der Waals surface area contributed by atoms with Crippen LogP contribution in [0, 0.1) is 45.3 Å². The lowest BCUT2D eigenvalue weighted by Gasteiger charge is -2.28. The molecule has 0 saturated heterocycles. The van der Waals surface area contributed by atoms with E-state index in [4.69, 9.17) is 18.9 Å². The van der Waals surface area contributed by atoms with Gasteiger partial charge in [0.25, 0.3) is 11.1 Å². The molecule has 2 aliphatic carbocycles. The molecule has 0 N–H and O–H groups in total. The van der Waals surface area contributed by atoms with E-state index in [1.165, 1.54) is 21.3 Å². The number of hydrogen-bond acceptors (Lipinski definition) is 18. The molecule has 8 aromatic rings. The summed E-state index contributed by atoms with van der Waals surface area (Å²) in [7, 11) is 0. The molecule has 0 aliphatic heterocycles. The van der Waals surface area contributed by atoms with Crippen LogP contribution < -0.4 is 29.5 Å². The van der Waals surface area contributed by atoms with Gasteiger partial charge in [0.2, 0.25) is 10.8 Å². The smallest absolute Gasteiger partial charge is 0.333 e. The number of thiazole rings is 2. The van der Waals surface area contributed by atoms with Gasteiger partial charge in [-0.05, 0) is 71.6 Å². The van der Waals surface area contributed by atoms with Crippen molar-refractivity contribution >= 4 is 114 Å². The fourth-order valence-corrected chi connectivity index (χ4v) is 15.1. The number of rotatable bonds is 16. The Hall–Kier alpha value is -9.80. The van der Waals surface area contributed by atoms with Crippen molar-refractivity contribution in [3.63, 3.8) is 0 Å². The zero-order chi connectivity index (χ0) is 57.7. The number of carbonyl (C=O) groups excluding carboxylic acids is 4. The molecular formula is C62H42N6O10S4. The third-order valence-electron chi connectivity index (χ3n) is 13.7. The molecule has 16 nitrogen and oxygen atoms in total. The van der Waals surface area contributed by atoms with Crippen LogP contribution in [0.3, 0.4) is 0 Å². The molecule has 20 heteroatoms. The molecule has 0 fully saturated rings. The Labute approximate surface area is 482 Å². The molecule has 4 aromatic heterocycles. The first-order valence-electron chi connectivity index (χ1n) is 25.3. The fourth-order valence-electron chi connectivity index (χ4n) is 9.85. The number of ether oxygens (including phenoxy) is 4. The molecule has 0 bridgehead atoms. The van der Waals surface area contributed by atoms with Crippen LogP contribution in [0.25, 0.3) is 44.9 Å². The highest BCUT2D eigenvalue weighted by atomic mass is 32.1. The monoisotopic (exact) mass is 1160 g/mol. The van der Waals surface area contributed by atoms with E-state index < -0.39 is 45.8 Å². The second-order valence-corrected chi connectivity index (χ2v) is 22.6. The summed E-state index contributed by atoms with van der Waals surface area (Å²) in [6, 6.07) is 42.4. The predicted octanol–water partition coefficient (Wildman–Crippen LogP) is 7.05.